The Morgan fingerprint density at radius 2 is 2.07 bits per heavy atom. The lowest BCUT2D eigenvalue weighted by Crippen LogP contribution is -1.99. The molecule has 78 valence electrons. The number of hydrogen-bond donors (Lipinski definition) is 1. The highest BCUT2D eigenvalue weighted by atomic mass is 35.5. The molecule has 7 heteroatoms. The summed E-state index contributed by atoms with van der Waals surface area (Å²) in [5.41, 5.74) is 1.36. The van der Waals surface area contributed by atoms with E-state index >= 15 is 0 Å². The quantitative estimate of drug-likeness (QED) is 0.492. The lowest BCUT2D eigenvalue weighted by atomic mass is 10.4. The number of aromatic nitrogens is 4. The molecule has 5 nitrogen and oxygen atoms in total. The van der Waals surface area contributed by atoms with Crippen LogP contribution in [0.15, 0.2) is 11.4 Å². The summed E-state index contributed by atoms with van der Waals surface area (Å²) in [7, 11) is 1.76. The molecule has 2 rings (SSSR count). The third-order valence-corrected chi connectivity index (χ3v) is 2.71. The first-order chi connectivity index (χ1) is 7.26. The molecule has 2 aromatic rings. The molecule has 15 heavy (non-hydrogen) atoms. The standard InChI is InChI=1S/C8H8ClN5S/c1-10-6-4-5(13-8(9)14-6)7(15-2)12-3-11-4/h3H,1-2H3,(H,10,13,14). The van der Waals surface area contributed by atoms with Gasteiger partial charge >= 0.3 is 0 Å². The van der Waals surface area contributed by atoms with E-state index in [4.69, 9.17) is 11.6 Å². The summed E-state index contributed by atoms with van der Waals surface area (Å²) < 4.78 is 0. The van der Waals surface area contributed by atoms with Crippen LogP contribution in [0.1, 0.15) is 0 Å². The Hall–Kier alpha value is -1.14. The zero-order valence-electron chi connectivity index (χ0n) is 8.15. The number of rotatable bonds is 2. The van der Waals surface area contributed by atoms with E-state index < -0.39 is 0 Å². The van der Waals surface area contributed by atoms with Crippen LogP contribution in [-0.4, -0.2) is 33.2 Å². The second-order valence-electron chi connectivity index (χ2n) is 2.67. The van der Waals surface area contributed by atoms with Gasteiger partial charge in [0, 0.05) is 7.05 Å². The molecule has 0 aliphatic heterocycles. The van der Waals surface area contributed by atoms with Gasteiger partial charge < -0.3 is 5.32 Å². The van der Waals surface area contributed by atoms with Crippen LogP contribution in [0.3, 0.4) is 0 Å². The Kier molecular flexibility index (Phi) is 2.88. The van der Waals surface area contributed by atoms with Gasteiger partial charge in [0.2, 0.25) is 5.28 Å². The van der Waals surface area contributed by atoms with E-state index in [1.54, 1.807) is 7.05 Å². The van der Waals surface area contributed by atoms with Crippen LogP contribution < -0.4 is 5.32 Å². The van der Waals surface area contributed by atoms with Crippen molar-refractivity contribution in [1.82, 2.24) is 19.9 Å². The predicted octanol–water partition coefficient (Wildman–Crippen LogP) is 1.84. The summed E-state index contributed by atoms with van der Waals surface area (Å²) in [4.78, 5) is 16.4. The number of halogens is 1. The third kappa shape index (κ3) is 1.82. The molecule has 0 saturated heterocycles. The van der Waals surface area contributed by atoms with Gasteiger partial charge in [-0.1, -0.05) is 0 Å². The zero-order valence-corrected chi connectivity index (χ0v) is 9.72. The number of hydrogen-bond acceptors (Lipinski definition) is 6. The molecule has 0 fully saturated rings. The SMILES string of the molecule is CNc1nc(Cl)nc2c(SC)ncnc12. The number of nitrogens with one attached hydrogen (secondary N) is 1. The van der Waals surface area contributed by atoms with Crippen molar-refractivity contribution in [3.63, 3.8) is 0 Å². The van der Waals surface area contributed by atoms with Crippen molar-refractivity contribution in [2.45, 2.75) is 5.03 Å². The highest BCUT2D eigenvalue weighted by Gasteiger charge is 2.10. The van der Waals surface area contributed by atoms with Crippen LogP contribution in [0.25, 0.3) is 11.0 Å². The fraction of sp³-hybridized carbons (Fsp3) is 0.250. The second kappa shape index (κ2) is 4.16. The molecule has 0 unspecified atom stereocenters. The van der Waals surface area contributed by atoms with Crippen molar-refractivity contribution in [2.24, 2.45) is 0 Å². The fourth-order valence-corrected chi connectivity index (χ4v) is 1.88. The van der Waals surface area contributed by atoms with E-state index in [9.17, 15) is 0 Å². The molecule has 0 aliphatic rings. The predicted molar refractivity (Wildman–Crippen MR) is 61.5 cm³/mol. The maximum absolute atomic E-state index is 5.80. The van der Waals surface area contributed by atoms with Gasteiger partial charge in [0.05, 0.1) is 0 Å². The normalized spacial score (nSPS) is 10.6. The first-order valence-corrected chi connectivity index (χ1v) is 5.76. The summed E-state index contributed by atoms with van der Waals surface area (Å²) in [6.07, 6.45) is 3.42. The minimum absolute atomic E-state index is 0.192. The maximum Gasteiger partial charge on any atom is 0.225 e. The van der Waals surface area contributed by atoms with Crippen LogP contribution in [-0.2, 0) is 0 Å². The molecule has 0 amide bonds. The van der Waals surface area contributed by atoms with E-state index in [-0.39, 0.29) is 5.28 Å². The smallest absolute Gasteiger partial charge is 0.225 e. The minimum atomic E-state index is 0.192. The van der Waals surface area contributed by atoms with Crippen LogP contribution in [0.4, 0.5) is 5.82 Å². The van der Waals surface area contributed by atoms with E-state index in [1.165, 1.54) is 18.1 Å². The van der Waals surface area contributed by atoms with Crippen molar-refractivity contribution in [3.8, 4) is 0 Å². The van der Waals surface area contributed by atoms with Crippen molar-refractivity contribution >= 4 is 40.2 Å². The topological polar surface area (TPSA) is 63.6 Å². The van der Waals surface area contributed by atoms with Crippen LogP contribution in [0.2, 0.25) is 5.28 Å². The highest BCUT2D eigenvalue weighted by Crippen LogP contribution is 2.25. The minimum Gasteiger partial charge on any atom is -0.371 e. The number of thioether (sulfide) groups is 1. The van der Waals surface area contributed by atoms with Gasteiger partial charge in [0.25, 0.3) is 0 Å². The Labute approximate surface area is 95.7 Å². The molecular weight excluding hydrogens is 234 g/mol. The zero-order chi connectivity index (χ0) is 10.8. The summed E-state index contributed by atoms with van der Waals surface area (Å²) >= 11 is 7.30. The Morgan fingerprint density at radius 3 is 2.73 bits per heavy atom. The van der Waals surface area contributed by atoms with Gasteiger partial charge in [-0.3, -0.25) is 0 Å². The van der Waals surface area contributed by atoms with Gasteiger partial charge in [-0.25, -0.2) is 15.0 Å². The van der Waals surface area contributed by atoms with Gasteiger partial charge in [-0.2, -0.15) is 4.98 Å². The Balaban J connectivity index is 2.82. The van der Waals surface area contributed by atoms with Crippen LogP contribution in [0, 0.1) is 0 Å². The van der Waals surface area contributed by atoms with Crippen LogP contribution >= 0.6 is 23.4 Å². The molecule has 0 radical (unpaired) electrons. The Morgan fingerprint density at radius 1 is 1.27 bits per heavy atom. The maximum atomic E-state index is 5.80. The van der Waals surface area contributed by atoms with E-state index in [0.29, 0.717) is 16.9 Å². The molecule has 0 aromatic carbocycles. The molecular formula is C8H8ClN5S. The van der Waals surface area contributed by atoms with E-state index in [0.717, 1.165) is 5.03 Å². The summed E-state index contributed by atoms with van der Waals surface area (Å²) in [6, 6.07) is 0. The number of fused-ring (bicyclic) bond motifs is 1. The number of nitrogens with zero attached hydrogens (tertiary/aromatic N) is 4. The molecule has 0 saturated carbocycles. The lowest BCUT2D eigenvalue weighted by molar-refractivity contribution is 1.06. The van der Waals surface area contributed by atoms with E-state index in [2.05, 4.69) is 25.3 Å². The van der Waals surface area contributed by atoms with Crippen molar-refractivity contribution in [1.29, 1.82) is 0 Å². The van der Waals surface area contributed by atoms with Crippen molar-refractivity contribution in [3.05, 3.63) is 11.6 Å². The molecule has 0 bridgehead atoms. The summed E-state index contributed by atoms with van der Waals surface area (Å²) in [5.74, 6) is 0.614. The molecule has 0 atom stereocenters. The monoisotopic (exact) mass is 241 g/mol. The molecule has 0 spiro atoms. The average Bonchev–Trinajstić information content (AvgIpc) is 2.27. The molecule has 0 aliphatic carbocycles. The third-order valence-electron chi connectivity index (χ3n) is 1.85. The fourth-order valence-electron chi connectivity index (χ4n) is 1.22. The van der Waals surface area contributed by atoms with E-state index in [1.807, 2.05) is 6.26 Å². The highest BCUT2D eigenvalue weighted by molar-refractivity contribution is 7.98. The van der Waals surface area contributed by atoms with Gasteiger partial charge in [0.15, 0.2) is 5.82 Å². The second-order valence-corrected chi connectivity index (χ2v) is 3.80. The summed E-state index contributed by atoms with van der Waals surface area (Å²) in [5, 5.41) is 3.91. The molecule has 2 heterocycles. The average molecular weight is 242 g/mol. The van der Waals surface area contributed by atoms with Gasteiger partial charge in [-0.15, -0.1) is 11.8 Å². The van der Waals surface area contributed by atoms with Gasteiger partial charge in [0.1, 0.15) is 22.4 Å². The first-order valence-electron chi connectivity index (χ1n) is 4.16. The van der Waals surface area contributed by atoms with Gasteiger partial charge in [-0.05, 0) is 17.9 Å². The lowest BCUT2D eigenvalue weighted by Gasteiger charge is -2.05. The largest absolute Gasteiger partial charge is 0.371 e. The Bertz CT molecular complexity index is 504. The molecule has 2 aromatic heterocycles. The first kappa shape index (κ1) is 10.4. The van der Waals surface area contributed by atoms with Crippen LogP contribution in [0.5, 0.6) is 0 Å². The number of anilines is 1. The van der Waals surface area contributed by atoms with Crippen molar-refractivity contribution in [2.75, 3.05) is 18.6 Å². The molecule has 1 N–H and O–H groups in total. The van der Waals surface area contributed by atoms with Crippen molar-refractivity contribution < 1.29 is 0 Å². The summed E-state index contributed by atoms with van der Waals surface area (Å²) in [6.45, 7) is 0.